The fraction of sp³-hybridized carbons (Fsp3) is 0.542. The molecule has 4 rings (SSSR count). The lowest BCUT2D eigenvalue weighted by Crippen LogP contribution is -2.29. The number of nitrogens with one attached hydrogen (secondary N) is 1. The number of thiazole rings is 1. The van der Waals surface area contributed by atoms with Crippen molar-refractivity contribution in [1.29, 1.82) is 0 Å². The number of hydrogen-bond acceptors (Lipinski definition) is 8. The quantitative estimate of drug-likeness (QED) is 0.428. The number of rotatable bonds is 10. The molecule has 2 fully saturated rings. The van der Waals surface area contributed by atoms with Gasteiger partial charge in [-0.15, -0.1) is 0 Å². The zero-order chi connectivity index (χ0) is 25.0. The van der Waals surface area contributed by atoms with Crippen LogP contribution < -0.4 is 5.32 Å². The number of benzene rings is 1. The van der Waals surface area contributed by atoms with Crippen molar-refractivity contribution in [3.05, 3.63) is 39.9 Å². The molecule has 0 bridgehead atoms. The number of nitrogens with zero attached hydrogens (tertiary/aromatic N) is 1. The van der Waals surface area contributed by atoms with Crippen LogP contribution in [0.2, 0.25) is 4.34 Å². The van der Waals surface area contributed by atoms with Gasteiger partial charge in [-0.05, 0) is 50.3 Å². The molecule has 1 N–H and O–H groups in total. The second-order valence-corrected chi connectivity index (χ2v) is 12.6. The molecule has 0 radical (unpaired) electrons. The predicted octanol–water partition coefficient (Wildman–Crippen LogP) is 4.87. The van der Waals surface area contributed by atoms with E-state index in [4.69, 9.17) is 21.1 Å². The molecular formula is C24H29ClN2O6S2. The van der Waals surface area contributed by atoms with E-state index in [0.717, 1.165) is 43.4 Å². The number of hydrogen-bond donors (Lipinski definition) is 1. The van der Waals surface area contributed by atoms with Gasteiger partial charge in [-0.1, -0.05) is 54.3 Å². The Balaban J connectivity index is 1.52. The lowest BCUT2D eigenvalue weighted by Gasteiger charge is -2.27. The number of carbonyl (C=O) groups excluding carboxylic acids is 2. The van der Waals surface area contributed by atoms with E-state index in [2.05, 4.69) is 10.3 Å². The number of amides is 1. The largest absolute Gasteiger partial charge is 0.466 e. The van der Waals surface area contributed by atoms with Crippen molar-refractivity contribution in [2.24, 2.45) is 0 Å². The Morgan fingerprint density at radius 3 is 2.46 bits per heavy atom. The molecule has 35 heavy (non-hydrogen) atoms. The van der Waals surface area contributed by atoms with Crippen molar-refractivity contribution in [1.82, 2.24) is 4.98 Å². The third-order valence-corrected chi connectivity index (χ3v) is 9.62. The maximum atomic E-state index is 13.3. The van der Waals surface area contributed by atoms with Crippen molar-refractivity contribution in [3.63, 3.8) is 0 Å². The van der Waals surface area contributed by atoms with Gasteiger partial charge in [-0.3, -0.25) is 14.9 Å². The number of halogens is 1. The molecule has 8 nitrogen and oxygen atoms in total. The van der Waals surface area contributed by atoms with Crippen molar-refractivity contribution in [2.75, 3.05) is 11.9 Å². The second kappa shape index (κ2) is 11.4. The summed E-state index contributed by atoms with van der Waals surface area (Å²) in [5.41, 5.74) is 0.905. The van der Waals surface area contributed by atoms with Gasteiger partial charge in [-0.2, -0.15) is 0 Å². The Bertz CT molecular complexity index is 1160. The van der Waals surface area contributed by atoms with Crippen molar-refractivity contribution < 1.29 is 27.5 Å². The first-order valence-electron chi connectivity index (χ1n) is 11.9. The minimum atomic E-state index is -3.32. The first-order valence-corrected chi connectivity index (χ1v) is 14.6. The summed E-state index contributed by atoms with van der Waals surface area (Å²) in [5.74, 6) is -0.876. The van der Waals surface area contributed by atoms with E-state index in [1.54, 1.807) is 31.2 Å². The summed E-state index contributed by atoms with van der Waals surface area (Å²) in [6, 6.07) is 6.38. The van der Waals surface area contributed by atoms with Gasteiger partial charge in [0.15, 0.2) is 21.1 Å². The van der Waals surface area contributed by atoms with Gasteiger partial charge in [0.25, 0.3) is 5.91 Å². The Morgan fingerprint density at radius 1 is 1.14 bits per heavy atom. The van der Waals surface area contributed by atoms with Crippen LogP contribution in [-0.2, 0) is 35.3 Å². The fourth-order valence-electron chi connectivity index (χ4n) is 4.10. The first kappa shape index (κ1) is 26.1. The lowest BCUT2D eigenvalue weighted by molar-refractivity contribution is -0.142. The lowest BCUT2D eigenvalue weighted by atomic mass is 9.97. The third-order valence-electron chi connectivity index (χ3n) is 6.09. The molecular weight excluding hydrogens is 512 g/mol. The first-order chi connectivity index (χ1) is 16.8. The molecule has 1 aromatic heterocycles. The Kier molecular flexibility index (Phi) is 8.46. The molecule has 11 heteroatoms. The Morgan fingerprint density at radius 2 is 1.83 bits per heavy atom. The molecule has 2 aliphatic rings. The van der Waals surface area contributed by atoms with Crippen LogP contribution in [0.3, 0.4) is 0 Å². The van der Waals surface area contributed by atoms with E-state index in [1.807, 2.05) is 0 Å². The molecule has 190 valence electrons. The summed E-state index contributed by atoms with van der Waals surface area (Å²) >= 11 is 7.28. The molecule has 2 saturated carbocycles. The number of aromatic nitrogens is 1. The summed E-state index contributed by atoms with van der Waals surface area (Å²) in [5, 5.41) is 2.71. The van der Waals surface area contributed by atoms with Crippen LogP contribution in [0.25, 0.3) is 0 Å². The van der Waals surface area contributed by atoms with Crippen LogP contribution in [0.4, 0.5) is 5.13 Å². The summed E-state index contributed by atoms with van der Waals surface area (Å²) in [7, 11) is -3.32. The molecule has 0 spiro atoms. The van der Waals surface area contributed by atoms with Gasteiger partial charge < -0.3 is 9.47 Å². The summed E-state index contributed by atoms with van der Waals surface area (Å²) in [4.78, 5) is 29.6. The maximum absolute atomic E-state index is 13.3. The Hall–Kier alpha value is -2.01. The van der Waals surface area contributed by atoms with Gasteiger partial charge in [0, 0.05) is 0 Å². The van der Waals surface area contributed by atoms with E-state index in [1.165, 1.54) is 0 Å². The van der Waals surface area contributed by atoms with Crippen LogP contribution in [0.1, 0.15) is 69.2 Å². The predicted molar refractivity (Wildman–Crippen MR) is 133 cm³/mol. The zero-order valence-electron chi connectivity index (χ0n) is 19.5. The van der Waals surface area contributed by atoms with Gasteiger partial charge in [0.05, 0.1) is 35.0 Å². The van der Waals surface area contributed by atoms with Gasteiger partial charge in [-0.25, -0.2) is 13.4 Å². The van der Waals surface area contributed by atoms with E-state index in [0.29, 0.717) is 28.4 Å². The average Bonchev–Trinajstić information content (AvgIpc) is 3.64. The normalized spacial score (nSPS) is 17.7. The topological polar surface area (TPSA) is 112 Å². The second-order valence-electron chi connectivity index (χ2n) is 8.80. The van der Waals surface area contributed by atoms with E-state index < -0.39 is 27.8 Å². The average molecular weight is 541 g/mol. The number of sulfone groups is 1. The smallest absolute Gasteiger partial charge is 0.311 e. The molecule has 1 aromatic carbocycles. The third kappa shape index (κ3) is 6.61. The van der Waals surface area contributed by atoms with E-state index >= 15 is 0 Å². The van der Waals surface area contributed by atoms with Gasteiger partial charge in [0.1, 0.15) is 4.34 Å². The highest BCUT2D eigenvalue weighted by molar-refractivity contribution is 7.92. The Labute approximate surface area is 214 Å². The molecule has 1 atom stereocenters. The van der Waals surface area contributed by atoms with Crippen molar-refractivity contribution >= 4 is 49.8 Å². The van der Waals surface area contributed by atoms with Crippen LogP contribution in [-0.4, -0.2) is 43.2 Å². The van der Waals surface area contributed by atoms with Crippen molar-refractivity contribution in [3.8, 4) is 0 Å². The highest BCUT2D eigenvalue weighted by Gasteiger charge is 2.37. The standard InChI is InChI=1S/C24H29ClN2O6S2/c1-2-32-20(28)14-19-22(25)34-24(26-19)27-23(29)21(33-16-6-4-3-5-7-16)15-8-10-17(11-9-15)35(30,31)18-12-13-18/h8-11,16,18,21H,2-7,12-14H2,1H3,(H,26,27,29). The van der Waals surface area contributed by atoms with Crippen LogP contribution in [0.15, 0.2) is 29.2 Å². The minimum Gasteiger partial charge on any atom is -0.466 e. The van der Waals surface area contributed by atoms with E-state index in [-0.39, 0.29) is 34.4 Å². The highest BCUT2D eigenvalue weighted by Crippen LogP contribution is 2.35. The highest BCUT2D eigenvalue weighted by atomic mass is 35.5. The molecule has 0 saturated heterocycles. The van der Waals surface area contributed by atoms with Crippen LogP contribution >= 0.6 is 22.9 Å². The summed E-state index contributed by atoms with van der Waals surface area (Å²) < 4.78 is 36.6. The number of anilines is 1. The molecule has 0 aliphatic heterocycles. The molecule has 1 unspecified atom stereocenters. The molecule has 1 amide bonds. The van der Waals surface area contributed by atoms with Crippen LogP contribution in [0, 0.1) is 0 Å². The van der Waals surface area contributed by atoms with Crippen LogP contribution in [0.5, 0.6) is 0 Å². The number of carbonyl (C=O) groups is 2. The van der Waals surface area contributed by atoms with Crippen molar-refractivity contribution in [2.45, 2.75) is 80.6 Å². The van der Waals surface area contributed by atoms with E-state index in [9.17, 15) is 18.0 Å². The SMILES string of the molecule is CCOC(=O)Cc1nc(NC(=O)C(OC2CCCCC2)c2ccc(S(=O)(=O)C3CC3)cc2)sc1Cl. The monoisotopic (exact) mass is 540 g/mol. The molecule has 1 heterocycles. The number of esters is 1. The van der Waals surface area contributed by atoms with Gasteiger partial charge >= 0.3 is 5.97 Å². The number of ether oxygens (including phenoxy) is 2. The zero-order valence-corrected chi connectivity index (χ0v) is 21.9. The fourth-order valence-corrected chi connectivity index (χ4v) is 6.80. The maximum Gasteiger partial charge on any atom is 0.311 e. The minimum absolute atomic E-state index is 0.0615. The summed E-state index contributed by atoms with van der Waals surface area (Å²) in [6.45, 7) is 1.97. The summed E-state index contributed by atoms with van der Waals surface area (Å²) in [6.07, 6.45) is 5.25. The van der Waals surface area contributed by atoms with Gasteiger partial charge in [0.2, 0.25) is 0 Å². The molecule has 2 aliphatic carbocycles. The molecule has 2 aromatic rings.